The average Bonchev–Trinajstić information content (AvgIpc) is 3.46. The van der Waals surface area contributed by atoms with E-state index in [-0.39, 0.29) is 22.8 Å². The monoisotopic (exact) mass is 457 g/mol. The molecule has 33 heavy (non-hydrogen) atoms. The molecule has 1 aliphatic heterocycles. The highest BCUT2D eigenvalue weighted by molar-refractivity contribution is 6.10. The molecule has 3 N–H and O–H groups in total. The number of pyridine rings is 1. The van der Waals surface area contributed by atoms with Crippen LogP contribution in [0.25, 0.3) is 22.6 Å². The molecule has 170 valence electrons. The van der Waals surface area contributed by atoms with Crippen LogP contribution >= 0.6 is 0 Å². The van der Waals surface area contributed by atoms with Crippen LogP contribution in [-0.2, 0) is 6.18 Å². The summed E-state index contributed by atoms with van der Waals surface area (Å²) in [6.45, 7) is 1.76. The lowest BCUT2D eigenvalue weighted by Gasteiger charge is -2.23. The highest BCUT2D eigenvalue weighted by atomic mass is 19.4. The Morgan fingerprint density at radius 1 is 1.12 bits per heavy atom. The molecule has 0 amide bonds. The summed E-state index contributed by atoms with van der Waals surface area (Å²) in [5.41, 5.74) is 0.168. The van der Waals surface area contributed by atoms with Crippen LogP contribution in [0.4, 0.5) is 17.6 Å². The van der Waals surface area contributed by atoms with Gasteiger partial charge in [-0.05, 0) is 67.7 Å². The van der Waals surface area contributed by atoms with Crippen molar-refractivity contribution in [3.05, 3.63) is 70.9 Å². The maximum atomic E-state index is 14.8. The van der Waals surface area contributed by atoms with E-state index in [0.29, 0.717) is 11.2 Å². The van der Waals surface area contributed by atoms with Crippen molar-refractivity contribution in [1.82, 2.24) is 25.3 Å². The number of carbonyl (C=O) groups excluding carboxylic acids is 1. The van der Waals surface area contributed by atoms with Gasteiger partial charge in [-0.3, -0.25) is 9.78 Å². The summed E-state index contributed by atoms with van der Waals surface area (Å²) in [5.74, 6) is -0.730. The van der Waals surface area contributed by atoms with Gasteiger partial charge < -0.3 is 15.3 Å². The maximum Gasteiger partial charge on any atom is 0.434 e. The standard InChI is InChI=1S/C23H19F4N5O/c24-16-8-13(12-3-6-28-7-4-12)9-17-19(16)32-22(31-17)18-10-14(11-30-18)20(33)15-2-1-5-29-21(15)23(25,26)27/h1-2,5,8-12,28,30H,3-4,6-7H2,(H,31,32). The van der Waals surface area contributed by atoms with Gasteiger partial charge in [-0.25, -0.2) is 9.37 Å². The van der Waals surface area contributed by atoms with E-state index in [1.165, 1.54) is 24.4 Å². The fourth-order valence-corrected chi connectivity index (χ4v) is 4.25. The molecule has 1 saturated heterocycles. The first kappa shape index (κ1) is 21.3. The molecular weight excluding hydrogens is 438 g/mol. The van der Waals surface area contributed by atoms with Gasteiger partial charge in [0.1, 0.15) is 5.52 Å². The smallest absolute Gasteiger partial charge is 0.358 e. The van der Waals surface area contributed by atoms with Crippen molar-refractivity contribution in [3.8, 4) is 11.5 Å². The molecule has 1 fully saturated rings. The molecule has 0 atom stereocenters. The SMILES string of the molecule is O=C(c1c[nH]c(-c2nc3c(F)cc(C4CCNCC4)cc3[nH]2)c1)c1cccnc1C(F)(F)F. The van der Waals surface area contributed by atoms with Gasteiger partial charge in [-0.15, -0.1) is 0 Å². The summed E-state index contributed by atoms with van der Waals surface area (Å²) < 4.78 is 54.5. The van der Waals surface area contributed by atoms with Crippen LogP contribution in [0.5, 0.6) is 0 Å². The van der Waals surface area contributed by atoms with E-state index >= 15 is 0 Å². The van der Waals surface area contributed by atoms with Crippen LogP contribution in [0.1, 0.15) is 45.9 Å². The fraction of sp³-hybridized carbons (Fsp3) is 0.261. The molecule has 0 saturated carbocycles. The van der Waals surface area contributed by atoms with Crippen LogP contribution in [0.3, 0.4) is 0 Å². The summed E-state index contributed by atoms with van der Waals surface area (Å²) in [7, 11) is 0. The third kappa shape index (κ3) is 4.02. The van der Waals surface area contributed by atoms with Crippen molar-refractivity contribution < 1.29 is 22.4 Å². The number of carbonyl (C=O) groups is 1. The molecule has 6 nitrogen and oxygen atoms in total. The minimum atomic E-state index is -4.76. The third-order valence-corrected chi connectivity index (χ3v) is 5.89. The van der Waals surface area contributed by atoms with Gasteiger partial charge in [0.05, 0.1) is 16.8 Å². The lowest BCUT2D eigenvalue weighted by atomic mass is 9.90. The van der Waals surface area contributed by atoms with Crippen molar-refractivity contribution in [3.63, 3.8) is 0 Å². The molecule has 1 aromatic carbocycles. The van der Waals surface area contributed by atoms with Gasteiger partial charge in [0.15, 0.2) is 23.1 Å². The van der Waals surface area contributed by atoms with Gasteiger partial charge in [-0.2, -0.15) is 13.2 Å². The molecule has 4 aromatic rings. The number of hydrogen-bond acceptors (Lipinski definition) is 4. The number of ketones is 1. The molecule has 1 aliphatic rings. The zero-order valence-electron chi connectivity index (χ0n) is 17.3. The molecule has 0 aliphatic carbocycles. The molecule has 0 unspecified atom stereocenters. The molecule has 0 bridgehead atoms. The van der Waals surface area contributed by atoms with E-state index in [1.807, 2.05) is 6.07 Å². The Balaban J connectivity index is 1.47. The number of rotatable bonds is 4. The first-order chi connectivity index (χ1) is 15.8. The summed E-state index contributed by atoms with van der Waals surface area (Å²) in [4.78, 5) is 26.3. The first-order valence-corrected chi connectivity index (χ1v) is 10.5. The summed E-state index contributed by atoms with van der Waals surface area (Å²) in [5, 5.41) is 3.28. The number of alkyl halides is 3. The van der Waals surface area contributed by atoms with E-state index in [0.717, 1.165) is 43.8 Å². The Kier molecular flexibility index (Phi) is 5.24. The Morgan fingerprint density at radius 2 is 1.91 bits per heavy atom. The average molecular weight is 457 g/mol. The van der Waals surface area contributed by atoms with E-state index in [2.05, 4.69) is 25.3 Å². The number of nitrogens with zero attached hydrogens (tertiary/aromatic N) is 2. The Hall–Kier alpha value is -3.53. The predicted molar refractivity (Wildman–Crippen MR) is 113 cm³/mol. The lowest BCUT2D eigenvalue weighted by molar-refractivity contribution is -0.141. The largest absolute Gasteiger partial charge is 0.434 e. The summed E-state index contributed by atoms with van der Waals surface area (Å²) >= 11 is 0. The second-order valence-corrected chi connectivity index (χ2v) is 8.04. The molecule has 0 spiro atoms. The number of aromatic nitrogens is 4. The lowest BCUT2D eigenvalue weighted by Crippen LogP contribution is -2.26. The zero-order chi connectivity index (χ0) is 23.2. The van der Waals surface area contributed by atoms with Crippen molar-refractivity contribution in [1.29, 1.82) is 0 Å². The fourth-order valence-electron chi connectivity index (χ4n) is 4.25. The minimum absolute atomic E-state index is 0.0137. The number of halogens is 4. The molecule has 3 aromatic heterocycles. The maximum absolute atomic E-state index is 14.8. The summed E-state index contributed by atoms with van der Waals surface area (Å²) in [6, 6.07) is 7.14. The molecule has 5 rings (SSSR count). The number of piperidine rings is 1. The van der Waals surface area contributed by atoms with Gasteiger partial charge in [0.2, 0.25) is 0 Å². The van der Waals surface area contributed by atoms with Crippen LogP contribution in [0.15, 0.2) is 42.7 Å². The minimum Gasteiger partial charge on any atom is -0.358 e. The van der Waals surface area contributed by atoms with Gasteiger partial charge in [0, 0.05) is 18.0 Å². The zero-order valence-corrected chi connectivity index (χ0v) is 17.3. The van der Waals surface area contributed by atoms with Crippen molar-refractivity contribution in [2.75, 3.05) is 13.1 Å². The quantitative estimate of drug-likeness (QED) is 0.303. The van der Waals surface area contributed by atoms with Crippen LogP contribution in [-0.4, -0.2) is 38.8 Å². The Bertz CT molecular complexity index is 1330. The molecule has 4 heterocycles. The Labute approximate surface area is 185 Å². The van der Waals surface area contributed by atoms with E-state index < -0.39 is 29.0 Å². The predicted octanol–water partition coefficient (Wildman–Crippen LogP) is 4.81. The van der Waals surface area contributed by atoms with Gasteiger partial charge in [-0.1, -0.05) is 0 Å². The van der Waals surface area contributed by atoms with Crippen LogP contribution in [0.2, 0.25) is 0 Å². The molecular formula is C23H19F4N5O. The first-order valence-electron chi connectivity index (χ1n) is 10.5. The topological polar surface area (TPSA) is 86.5 Å². The number of hydrogen-bond donors (Lipinski definition) is 3. The number of aromatic amines is 2. The van der Waals surface area contributed by atoms with Gasteiger partial charge in [0.25, 0.3) is 0 Å². The van der Waals surface area contributed by atoms with E-state index in [9.17, 15) is 22.4 Å². The number of fused-ring (bicyclic) bond motifs is 1. The normalized spacial score (nSPS) is 15.3. The molecule has 0 radical (unpaired) electrons. The number of nitrogens with one attached hydrogen (secondary N) is 3. The van der Waals surface area contributed by atoms with Crippen LogP contribution < -0.4 is 5.32 Å². The van der Waals surface area contributed by atoms with Crippen LogP contribution in [0, 0.1) is 5.82 Å². The number of H-pyrrole nitrogens is 2. The molecule has 10 heteroatoms. The van der Waals surface area contributed by atoms with E-state index in [4.69, 9.17) is 0 Å². The summed E-state index contributed by atoms with van der Waals surface area (Å²) in [6.07, 6.45) is -0.629. The van der Waals surface area contributed by atoms with Gasteiger partial charge >= 0.3 is 6.18 Å². The second-order valence-electron chi connectivity index (χ2n) is 8.04. The Morgan fingerprint density at radius 3 is 2.67 bits per heavy atom. The highest BCUT2D eigenvalue weighted by Gasteiger charge is 2.37. The highest BCUT2D eigenvalue weighted by Crippen LogP contribution is 2.33. The number of imidazole rings is 1. The van der Waals surface area contributed by atoms with Crippen molar-refractivity contribution in [2.24, 2.45) is 0 Å². The second kappa shape index (κ2) is 8.11. The number of benzene rings is 1. The van der Waals surface area contributed by atoms with Crippen molar-refractivity contribution in [2.45, 2.75) is 24.9 Å². The van der Waals surface area contributed by atoms with Crippen molar-refractivity contribution >= 4 is 16.8 Å². The van der Waals surface area contributed by atoms with E-state index in [1.54, 1.807) is 0 Å². The third-order valence-electron chi connectivity index (χ3n) is 5.89.